The van der Waals surface area contributed by atoms with E-state index in [-0.39, 0.29) is 5.91 Å². The summed E-state index contributed by atoms with van der Waals surface area (Å²) in [6, 6.07) is 13.5. The highest BCUT2D eigenvalue weighted by molar-refractivity contribution is 6.34. The predicted molar refractivity (Wildman–Crippen MR) is 105 cm³/mol. The van der Waals surface area contributed by atoms with Gasteiger partial charge in [0.15, 0.2) is 0 Å². The molecular formula is C19H21Cl2N3O. The average Bonchev–Trinajstić information content (AvgIpc) is 2.59. The number of rotatable bonds is 4. The third kappa shape index (κ3) is 4.66. The minimum absolute atomic E-state index is 0.0445. The van der Waals surface area contributed by atoms with E-state index in [0.717, 1.165) is 42.5 Å². The van der Waals surface area contributed by atoms with Gasteiger partial charge in [0.05, 0.1) is 28.0 Å². The van der Waals surface area contributed by atoms with E-state index in [0.29, 0.717) is 17.3 Å². The number of benzene rings is 2. The Labute approximate surface area is 158 Å². The molecule has 0 radical (unpaired) electrons. The third-order valence-corrected chi connectivity index (χ3v) is 4.96. The number of nitrogens with one attached hydrogen (secondary N) is 1. The first kappa shape index (κ1) is 18.1. The van der Waals surface area contributed by atoms with Gasteiger partial charge in [-0.25, -0.2) is 0 Å². The van der Waals surface area contributed by atoms with Crippen LogP contribution in [0.4, 0.5) is 11.4 Å². The van der Waals surface area contributed by atoms with Crippen LogP contribution in [0.15, 0.2) is 42.5 Å². The summed E-state index contributed by atoms with van der Waals surface area (Å²) >= 11 is 12.4. The number of carbonyl (C=O) groups excluding carboxylic acids is 1. The summed E-state index contributed by atoms with van der Waals surface area (Å²) < 4.78 is 0. The Morgan fingerprint density at radius 1 is 1.04 bits per heavy atom. The Balaban J connectivity index is 1.52. The van der Waals surface area contributed by atoms with E-state index in [1.54, 1.807) is 0 Å². The molecule has 1 aliphatic heterocycles. The first-order chi connectivity index (χ1) is 12.0. The standard InChI is InChI=1S/C19H21Cl2N3O/c1-14-6-7-17(16(21)12-14)22-19(25)13-23-8-10-24(11-9-23)18-5-3-2-4-15(18)20/h2-7,12H,8-11,13H2,1H3,(H,22,25). The molecule has 0 spiro atoms. The average molecular weight is 378 g/mol. The van der Waals surface area contributed by atoms with Gasteiger partial charge < -0.3 is 10.2 Å². The number of piperazine rings is 1. The molecule has 2 aromatic rings. The van der Waals surface area contributed by atoms with E-state index in [4.69, 9.17) is 23.2 Å². The Hall–Kier alpha value is -1.75. The van der Waals surface area contributed by atoms with Crippen molar-refractivity contribution in [3.05, 3.63) is 58.1 Å². The number of carbonyl (C=O) groups is 1. The molecule has 1 aliphatic rings. The summed E-state index contributed by atoms with van der Waals surface area (Å²) in [4.78, 5) is 16.7. The van der Waals surface area contributed by atoms with Crippen molar-refractivity contribution in [1.82, 2.24) is 4.90 Å². The molecule has 1 N–H and O–H groups in total. The molecule has 0 saturated carbocycles. The van der Waals surface area contributed by atoms with E-state index in [2.05, 4.69) is 15.1 Å². The van der Waals surface area contributed by atoms with Crippen LogP contribution in [-0.4, -0.2) is 43.5 Å². The summed E-state index contributed by atoms with van der Waals surface area (Å²) in [5.41, 5.74) is 2.78. The monoisotopic (exact) mass is 377 g/mol. The number of nitrogens with zero attached hydrogens (tertiary/aromatic N) is 2. The molecule has 0 unspecified atom stereocenters. The van der Waals surface area contributed by atoms with Crippen LogP contribution in [0.5, 0.6) is 0 Å². The number of amides is 1. The number of hydrogen-bond acceptors (Lipinski definition) is 3. The minimum atomic E-state index is -0.0445. The lowest BCUT2D eigenvalue weighted by molar-refractivity contribution is -0.117. The lowest BCUT2D eigenvalue weighted by Crippen LogP contribution is -2.48. The Morgan fingerprint density at radius 3 is 2.44 bits per heavy atom. The van der Waals surface area contributed by atoms with Gasteiger partial charge in [-0.1, -0.05) is 41.4 Å². The lowest BCUT2D eigenvalue weighted by atomic mass is 10.2. The minimum Gasteiger partial charge on any atom is -0.368 e. The molecule has 0 bridgehead atoms. The normalized spacial score (nSPS) is 15.2. The van der Waals surface area contributed by atoms with Gasteiger partial charge in [0, 0.05) is 26.2 Å². The van der Waals surface area contributed by atoms with Crippen LogP contribution in [0.1, 0.15) is 5.56 Å². The molecule has 1 heterocycles. The summed E-state index contributed by atoms with van der Waals surface area (Å²) in [5.74, 6) is -0.0445. The Bertz CT molecular complexity index is 758. The molecule has 25 heavy (non-hydrogen) atoms. The molecule has 0 atom stereocenters. The van der Waals surface area contributed by atoms with Crippen LogP contribution in [0.2, 0.25) is 10.0 Å². The molecule has 2 aromatic carbocycles. The van der Waals surface area contributed by atoms with Crippen LogP contribution in [-0.2, 0) is 4.79 Å². The van der Waals surface area contributed by atoms with E-state index in [1.807, 2.05) is 49.4 Å². The molecule has 132 valence electrons. The van der Waals surface area contributed by atoms with Crippen LogP contribution in [0.3, 0.4) is 0 Å². The highest BCUT2D eigenvalue weighted by atomic mass is 35.5. The number of para-hydroxylation sites is 1. The van der Waals surface area contributed by atoms with Gasteiger partial charge >= 0.3 is 0 Å². The molecule has 1 amide bonds. The highest BCUT2D eigenvalue weighted by Crippen LogP contribution is 2.26. The second-order valence-corrected chi connectivity index (χ2v) is 7.06. The number of hydrogen-bond donors (Lipinski definition) is 1. The van der Waals surface area contributed by atoms with Crippen molar-refractivity contribution in [2.45, 2.75) is 6.92 Å². The van der Waals surface area contributed by atoms with Crippen molar-refractivity contribution in [2.24, 2.45) is 0 Å². The maximum Gasteiger partial charge on any atom is 0.238 e. The Kier molecular flexibility index (Phi) is 5.84. The van der Waals surface area contributed by atoms with Crippen molar-refractivity contribution in [3.8, 4) is 0 Å². The number of aryl methyl sites for hydroxylation is 1. The largest absolute Gasteiger partial charge is 0.368 e. The van der Waals surface area contributed by atoms with Crippen molar-refractivity contribution in [3.63, 3.8) is 0 Å². The van der Waals surface area contributed by atoms with Crippen molar-refractivity contribution in [1.29, 1.82) is 0 Å². The first-order valence-electron chi connectivity index (χ1n) is 8.31. The van der Waals surface area contributed by atoms with Gasteiger partial charge in [0.2, 0.25) is 5.91 Å². The van der Waals surface area contributed by atoms with Gasteiger partial charge in [-0.05, 0) is 36.8 Å². The molecule has 1 saturated heterocycles. The molecule has 0 aromatic heterocycles. The fourth-order valence-electron chi connectivity index (χ4n) is 2.97. The molecule has 6 heteroatoms. The van der Waals surface area contributed by atoms with Crippen LogP contribution in [0, 0.1) is 6.92 Å². The molecule has 3 rings (SSSR count). The summed E-state index contributed by atoms with van der Waals surface area (Å²) in [5, 5.41) is 4.22. The fraction of sp³-hybridized carbons (Fsp3) is 0.316. The van der Waals surface area contributed by atoms with Crippen molar-refractivity contribution in [2.75, 3.05) is 42.9 Å². The van der Waals surface area contributed by atoms with Crippen molar-refractivity contribution >= 4 is 40.5 Å². The van der Waals surface area contributed by atoms with Crippen LogP contribution in [0.25, 0.3) is 0 Å². The predicted octanol–water partition coefficient (Wildman–Crippen LogP) is 4.06. The summed E-state index contributed by atoms with van der Waals surface area (Å²) in [6.45, 7) is 5.67. The Morgan fingerprint density at radius 2 is 1.76 bits per heavy atom. The molecule has 4 nitrogen and oxygen atoms in total. The smallest absolute Gasteiger partial charge is 0.238 e. The number of halogens is 2. The van der Waals surface area contributed by atoms with Gasteiger partial charge in [-0.15, -0.1) is 0 Å². The van der Waals surface area contributed by atoms with Gasteiger partial charge in [0.25, 0.3) is 0 Å². The zero-order valence-electron chi connectivity index (χ0n) is 14.1. The van der Waals surface area contributed by atoms with Crippen LogP contribution >= 0.6 is 23.2 Å². The maximum atomic E-state index is 12.3. The zero-order chi connectivity index (χ0) is 17.8. The van der Waals surface area contributed by atoms with E-state index in [9.17, 15) is 4.79 Å². The lowest BCUT2D eigenvalue weighted by Gasteiger charge is -2.36. The first-order valence-corrected chi connectivity index (χ1v) is 9.06. The van der Waals surface area contributed by atoms with E-state index >= 15 is 0 Å². The van der Waals surface area contributed by atoms with Gasteiger partial charge in [-0.2, -0.15) is 0 Å². The zero-order valence-corrected chi connectivity index (χ0v) is 15.6. The second-order valence-electron chi connectivity index (χ2n) is 6.25. The SMILES string of the molecule is Cc1ccc(NC(=O)CN2CCN(c3ccccc3Cl)CC2)c(Cl)c1. The summed E-state index contributed by atoms with van der Waals surface area (Å²) in [7, 11) is 0. The third-order valence-electron chi connectivity index (χ3n) is 4.33. The highest BCUT2D eigenvalue weighted by Gasteiger charge is 2.20. The number of anilines is 2. The summed E-state index contributed by atoms with van der Waals surface area (Å²) in [6.07, 6.45) is 0. The topological polar surface area (TPSA) is 35.6 Å². The van der Waals surface area contributed by atoms with E-state index in [1.165, 1.54) is 0 Å². The molecular weight excluding hydrogens is 357 g/mol. The van der Waals surface area contributed by atoms with E-state index < -0.39 is 0 Å². The fourth-order valence-corrected chi connectivity index (χ4v) is 3.51. The molecule has 1 fully saturated rings. The van der Waals surface area contributed by atoms with Crippen LogP contribution < -0.4 is 10.2 Å². The quantitative estimate of drug-likeness (QED) is 0.872. The molecule has 0 aliphatic carbocycles. The van der Waals surface area contributed by atoms with Gasteiger partial charge in [0.1, 0.15) is 0 Å². The van der Waals surface area contributed by atoms with Gasteiger partial charge in [-0.3, -0.25) is 9.69 Å². The second kappa shape index (κ2) is 8.09. The van der Waals surface area contributed by atoms with Crippen molar-refractivity contribution < 1.29 is 4.79 Å². The maximum absolute atomic E-state index is 12.3.